The fraction of sp³-hybridized carbons (Fsp3) is 0.0556. The highest BCUT2D eigenvalue weighted by Crippen LogP contribution is 2.37. The van der Waals surface area contributed by atoms with Crippen LogP contribution in [0.4, 0.5) is 18.9 Å². The van der Waals surface area contributed by atoms with Crippen molar-refractivity contribution in [3.8, 4) is 17.3 Å². The summed E-state index contributed by atoms with van der Waals surface area (Å²) in [5.41, 5.74) is 3.49. The molecule has 0 unspecified atom stereocenters. The Morgan fingerprint density at radius 1 is 1.14 bits per heavy atom. The van der Waals surface area contributed by atoms with Gasteiger partial charge < -0.3 is 10.3 Å². The molecular formula is C18H10Cl2F3N7O4S. The molecule has 1 amide bonds. The molecule has 17 heteroatoms. The fourth-order valence-corrected chi connectivity index (χ4v) is 4.39. The first-order valence-corrected chi connectivity index (χ1v) is 11.3. The van der Waals surface area contributed by atoms with E-state index in [-0.39, 0.29) is 33.9 Å². The van der Waals surface area contributed by atoms with E-state index in [4.69, 9.17) is 33.5 Å². The number of nitrogens with zero attached hydrogens (tertiary/aromatic N) is 5. The molecule has 0 atom stereocenters. The van der Waals surface area contributed by atoms with Gasteiger partial charge in [0.1, 0.15) is 12.0 Å². The second kappa shape index (κ2) is 8.83. The van der Waals surface area contributed by atoms with Crippen molar-refractivity contribution in [2.45, 2.75) is 11.1 Å². The zero-order chi connectivity index (χ0) is 25.5. The standard InChI is InChI=1S/C18H10Cl2F3N7O4S/c19-8-5-12(29-35(32,33)9-1-2-11(20)10(6-9)18(21,22)23)14(25-7-8)16-26-27-17(15(24)31)30(16)13-3-4-34-28-13/h1-7,29H,(H2,24,31). The van der Waals surface area contributed by atoms with E-state index >= 15 is 0 Å². The molecule has 0 spiro atoms. The number of rotatable bonds is 6. The van der Waals surface area contributed by atoms with Crippen LogP contribution in [0.1, 0.15) is 16.2 Å². The largest absolute Gasteiger partial charge is 0.417 e. The number of primary amides is 1. The van der Waals surface area contributed by atoms with Gasteiger partial charge in [-0.2, -0.15) is 13.2 Å². The normalized spacial score (nSPS) is 12.0. The number of carbonyl (C=O) groups is 1. The van der Waals surface area contributed by atoms with Crippen molar-refractivity contribution in [2.75, 3.05) is 4.72 Å². The quantitative estimate of drug-likeness (QED) is 0.370. The number of benzene rings is 1. The molecule has 3 N–H and O–H groups in total. The summed E-state index contributed by atoms with van der Waals surface area (Å²) < 4.78 is 73.6. The molecule has 0 aliphatic heterocycles. The van der Waals surface area contributed by atoms with Gasteiger partial charge >= 0.3 is 6.18 Å². The number of pyridine rings is 1. The zero-order valence-corrected chi connectivity index (χ0v) is 19.1. The first kappa shape index (κ1) is 24.4. The fourth-order valence-electron chi connectivity index (χ4n) is 2.92. The van der Waals surface area contributed by atoms with Gasteiger partial charge in [-0.3, -0.25) is 9.52 Å². The maximum absolute atomic E-state index is 13.2. The van der Waals surface area contributed by atoms with Crippen LogP contribution >= 0.6 is 23.2 Å². The van der Waals surface area contributed by atoms with Crippen LogP contribution in [-0.4, -0.2) is 39.2 Å². The Morgan fingerprint density at radius 2 is 1.89 bits per heavy atom. The number of aromatic nitrogens is 5. The smallest absolute Gasteiger partial charge is 0.363 e. The second-order valence-electron chi connectivity index (χ2n) is 6.70. The van der Waals surface area contributed by atoms with Crippen molar-refractivity contribution >= 4 is 44.8 Å². The molecule has 0 saturated heterocycles. The summed E-state index contributed by atoms with van der Waals surface area (Å²) in [4.78, 5) is 15.1. The van der Waals surface area contributed by atoms with Crippen LogP contribution in [0, 0.1) is 0 Å². The molecule has 0 radical (unpaired) electrons. The van der Waals surface area contributed by atoms with Gasteiger partial charge in [0.15, 0.2) is 11.6 Å². The van der Waals surface area contributed by atoms with Gasteiger partial charge in [-0.25, -0.2) is 18.0 Å². The summed E-state index contributed by atoms with van der Waals surface area (Å²) in [6.45, 7) is 0. The van der Waals surface area contributed by atoms with Crippen molar-refractivity contribution in [3.63, 3.8) is 0 Å². The number of anilines is 1. The summed E-state index contributed by atoms with van der Waals surface area (Å²) in [6, 6.07) is 4.54. The molecule has 0 aliphatic carbocycles. The lowest BCUT2D eigenvalue weighted by Crippen LogP contribution is -2.19. The van der Waals surface area contributed by atoms with Crippen LogP contribution < -0.4 is 10.5 Å². The number of nitrogens with one attached hydrogen (secondary N) is 1. The zero-order valence-electron chi connectivity index (χ0n) is 16.8. The summed E-state index contributed by atoms with van der Waals surface area (Å²) in [5.74, 6) is -1.57. The Balaban J connectivity index is 1.85. The molecule has 11 nitrogen and oxygen atoms in total. The predicted molar refractivity (Wildman–Crippen MR) is 115 cm³/mol. The highest BCUT2D eigenvalue weighted by molar-refractivity contribution is 7.92. The molecule has 1 aromatic carbocycles. The van der Waals surface area contributed by atoms with E-state index in [1.807, 2.05) is 0 Å². The van der Waals surface area contributed by atoms with Crippen LogP contribution in [0.5, 0.6) is 0 Å². The van der Waals surface area contributed by atoms with E-state index in [1.54, 1.807) is 0 Å². The third kappa shape index (κ3) is 4.78. The molecule has 0 aliphatic rings. The van der Waals surface area contributed by atoms with Gasteiger partial charge in [-0.1, -0.05) is 28.4 Å². The Labute approximate surface area is 203 Å². The topological polar surface area (TPSA) is 159 Å². The Bertz CT molecular complexity index is 1540. The number of carbonyl (C=O) groups excluding carboxylic acids is 1. The van der Waals surface area contributed by atoms with Crippen LogP contribution in [0.3, 0.4) is 0 Å². The molecule has 182 valence electrons. The van der Waals surface area contributed by atoms with Gasteiger partial charge in [0, 0.05) is 12.3 Å². The Morgan fingerprint density at radius 3 is 2.51 bits per heavy atom. The predicted octanol–water partition coefficient (Wildman–Crippen LogP) is 3.54. The maximum atomic E-state index is 13.2. The van der Waals surface area contributed by atoms with Crippen LogP contribution in [-0.2, 0) is 16.2 Å². The van der Waals surface area contributed by atoms with E-state index in [0.29, 0.717) is 6.07 Å². The lowest BCUT2D eigenvalue weighted by atomic mass is 10.2. The average Bonchev–Trinajstić information content (AvgIpc) is 3.42. The summed E-state index contributed by atoms with van der Waals surface area (Å²) in [6.07, 6.45) is -2.57. The third-order valence-corrected chi connectivity index (χ3v) is 6.30. The lowest BCUT2D eigenvalue weighted by molar-refractivity contribution is -0.137. The number of hydrogen-bond donors (Lipinski definition) is 2. The number of alkyl halides is 3. The number of hydrogen-bond acceptors (Lipinski definition) is 8. The average molecular weight is 548 g/mol. The molecule has 3 aromatic heterocycles. The monoisotopic (exact) mass is 547 g/mol. The summed E-state index contributed by atoms with van der Waals surface area (Å²) in [5, 5.41) is 10.5. The highest BCUT2D eigenvalue weighted by Gasteiger charge is 2.35. The lowest BCUT2D eigenvalue weighted by Gasteiger charge is -2.14. The van der Waals surface area contributed by atoms with Crippen molar-refractivity contribution in [1.29, 1.82) is 0 Å². The van der Waals surface area contributed by atoms with E-state index in [1.165, 1.54) is 12.3 Å². The van der Waals surface area contributed by atoms with E-state index in [2.05, 4.69) is 25.1 Å². The molecule has 35 heavy (non-hydrogen) atoms. The van der Waals surface area contributed by atoms with Crippen LogP contribution in [0.2, 0.25) is 10.0 Å². The van der Waals surface area contributed by atoms with Crippen molar-refractivity contribution in [2.24, 2.45) is 5.73 Å². The van der Waals surface area contributed by atoms with Crippen molar-refractivity contribution in [3.05, 3.63) is 64.2 Å². The van der Waals surface area contributed by atoms with Gasteiger partial charge in [0.05, 0.1) is 26.2 Å². The van der Waals surface area contributed by atoms with E-state index < -0.39 is 37.6 Å². The number of sulfonamides is 1. The van der Waals surface area contributed by atoms with Gasteiger partial charge in [-0.05, 0) is 24.3 Å². The Hall–Kier alpha value is -3.69. The summed E-state index contributed by atoms with van der Waals surface area (Å²) in [7, 11) is -4.63. The van der Waals surface area contributed by atoms with Crippen molar-refractivity contribution < 1.29 is 30.9 Å². The van der Waals surface area contributed by atoms with E-state index in [9.17, 15) is 26.4 Å². The molecule has 4 aromatic rings. The van der Waals surface area contributed by atoms with Gasteiger partial charge in [0.25, 0.3) is 15.9 Å². The molecule has 0 fully saturated rings. The van der Waals surface area contributed by atoms with Crippen LogP contribution in [0.25, 0.3) is 17.3 Å². The first-order chi connectivity index (χ1) is 16.4. The Kier molecular flexibility index (Phi) is 6.16. The minimum absolute atomic E-state index is 0.0110. The molecule has 4 rings (SSSR count). The number of halogens is 5. The summed E-state index contributed by atoms with van der Waals surface area (Å²) >= 11 is 11.6. The maximum Gasteiger partial charge on any atom is 0.417 e. The molecule has 0 saturated carbocycles. The second-order valence-corrected chi connectivity index (χ2v) is 9.23. The first-order valence-electron chi connectivity index (χ1n) is 9.10. The third-order valence-electron chi connectivity index (χ3n) is 4.40. The van der Waals surface area contributed by atoms with Gasteiger partial charge in [0.2, 0.25) is 5.82 Å². The van der Waals surface area contributed by atoms with Crippen molar-refractivity contribution in [1.82, 2.24) is 24.9 Å². The number of nitrogens with two attached hydrogens (primary N) is 1. The minimum Gasteiger partial charge on any atom is -0.363 e. The molecule has 0 bridgehead atoms. The highest BCUT2D eigenvalue weighted by atomic mass is 35.5. The SMILES string of the molecule is NC(=O)c1nnc(-c2ncc(Cl)cc2NS(=O)(=O)c2ccc(Cl)c(C(F)(F)F)c2)n1-c1ccon1. The van der Waals surface area contributed by atoms with E-state index in [0.717, 1.165) is 29.0 Å². The van der Waals surface area contributed by atoms with Gasteiger partial charge in [-0.15, -0.1) is 10.2 Å². The molecule has 3 heterocycles. The molecular weight excluding hydrogens is 538 g/mol. The minimum atomic E-state index is -4.90. The van der Waals surface area contributed by atoms with Crippen LogP contribution in [0.15, 0.2) is 52.2 Å². The number of amides is 1.